The second kappa shape index (κ2) is 7.84. The van der Waals surface area contributed by atoms with Gasteiger partial charge in [-0.1, -0.05) is 30.3 Å². The molecule has 1 atom stereocenters. The van der Waals surface area contributed by atoms with E-state index in [9.17, 15) is 19.5 Å². The van der Waals surface area contributed by atoms with Crippen LogP contribution in [-0.2, 0) is 20.8 Å². The van der Waals surface area contributed by atoms with Crippen LogP contribution >= 0.6 is 11.8 Å². The lowest BCUT2D eigenvalue weighted by atomic mass is 9.99. The molecule has 2 amide bonds. The molecule has 1 aromatic rings. The molecule has 7 heteroatoms. The van der Waals surface area contributed by atoms with Crippen molar-refractivity contribution in [2.24, 2.45) is 5.92 Å². The second-order valence-corrected chi connectivity index (χ2v) is 6.05. The number of rotatable bonds is 7. The van der Waals surface area contributed by atoms with Crippen molar-refractivity contribution < 1.29 is 19.5 Å². The number of carboxylic acid groups (broad SMARTS) is 1. The average Bonchev–Trinajstić information content (AvgIpc) is 2.89. The molecule has 1 saturated heterocycles. The minimum absolute atomic E-state index is 0.0104. The maximum absolute atomic E-state index is 11.8. The van der Waals surface area contributed by atoms with Gasteiger partial charge in [-0.25, -0.2) is 0 Å². The summed E-state index contributed by atoms with van der Waals surface area (Å²) in [6, 6.07) is 9.29. The highest BCUT2D eigenvalue weighted by Gasteiger charge is 2.24. The van der Waals surface area contributed by atoms with E-state index in [-0.39, 0.29) is 24.9 Å². The average molecular weight is 322 g/mol. The molecule has 6 nitrogen and oxygen atoms in total. The number of carboxylic acids is 1. The Morgan fingerprint density at radius 1 is 1.32 bits per heavy atom. The van der Waals surface area contributed by atoms with E-state index in [2.05, 4.69) is 5.32 Å². The number of amides is 2. The summed E-state index contributed by atoms with van der Waals surface area (Å²) < 4.78 is 0. The standard InChI is InChI=1S/C15H18N2O4S/c18-13(8-17-10-22-9-14(17)19)16-7-12(15(20)21)6-11-4-2-1-3-5-11/h1-5,12H,6-10H2,(H,16,18)(H,20,21). The third-order valence-electron chi connectivity index (χ3n) is 3.38. The normalized spacial score (nSPS) is 15.6. The molecule has 1 aliphatic rings. The summed E-state index contributed by atoms with van der Waals surface area (Å²) in [6.45, 7) is 0.0434. The first-order valence-corrected chi connectivity index (χ1v) is 8.10. The SMILES string of the molecule is O=C(CN1CSCC1=O)NCC(Cc1ccccc1)C(=O)O. The van der Waals surface area contributed by atoms with Crippen molar-refractivity contribution >= 4 is 29.5 Å². The van der Waals surface area contributed by atoms with Gasteiger partial charge >= 0.3 is 5.97 Å². The van der Waals surface area contributed by atoms with Crippen LogP contribution in [0.1, 0.15) is 5.56 Å². The molecule has 0 saturated carbocycles. The Balaban J connectivity index is 1.82. The number of hydrogen-bond donors (Lipinski definition) is 2. The van der Waals surface area contributed by atoms with Gasteiger partial charge in [-0.15, -0.1) is 11.8 Å². The molecule has 2 rings (SSSR count). The van der Waals surface area contributed by atoms with Gasteiger partial charge in [-0.05, 0) is 12.0 Å². The summed E-state index contributed by atoms with van der Waals surface area (Å²) >= 11 is 1.47. The number of aliphatic carboxylic acids is 1. The predicted octanol–water partition coefficient (Wildman–Crippen LogP) is 0.579. The first kappa shape index (κ1) is 16.4. The maximum Gasteiger partial charge on any atom is 0.308 e. The van der Waals surface area contributed by atoms with Gasteiger partial charge in [0.05, 0.1) is 17.5 Å². The van der Waals surface area contributed by atoms with Crippen LogP contribution in [0, 0.1) is 5.92 Å². The minimum atomic E-state index is -0.947. The quantitative estimate of drug-likeness (QED) is 0.767. The molecule has 1 heterocycles. The lowest BCUT2D eigenvalue weighted by molar-refractivity contribution is -0.142. The molecule has 2 N–H and O–H groups in total. The molecule has 0 radical (unpaired) electrons. The molecule has 1 unspecified atom stereocenters. The summed E-state index contributed by atoms with van der Waals surface area (Å²) in [5.74, 6) is -1.10. The van der Waals surface area contributed by atoms with Gasteiger partial charge in [0, 0.05) is 6.54 Å². The Bertz CT molecular complexity index is 550. The van der Waals surface area contributed by atoms with Crippen LogP contribution in [-0.4, -0.2) is 52.5 Å². The molecular formula is C15H18N2O4S. The largest absolute Gasteiger partial charge is 0.481 e. The Morgan fingerprint density at radius 2 is 2.05 bits per heavy atom. The number of nitrogens with zero attached hydrogens (tertiary/aromatic N) is 1. The van der Waals surface area contributed by atoms with Crippen LogP contribution in [0.4, 0.5) is 0 Å². The smallest absolute Gasteiger partial charge is 0.308 e. The van der Waals surface area contributed by atoms with Gasteiger partial charge < -0.3 is 15.3 Å². The van der Waals surface area contributed by atoms with Crippen LogP contribution < -0.4 is 5.32 Å². The van der Waals surface area contributed by atoms with Crippen LogP contribution in [0.25, 0.3) is 0 Å². The van der Waals surface area contributed by atoms with E-state index in [1.54, 1.807) is 0 Å². The van der Waals surface area contributed by atoms with Gasteiger partial charge in [0.2, 0.25) is 11.8 Å². The number of carbonyl (C=O) groups is 3. The van der Waals surface area contributed by atoms with Crippen LogP contribution in [0.15, 0.2) is 30.3 Å². The Kier molecular flexibility index (Phi) is 5.83. The topological polar surface area (TPSA) is 86.7 Å². The van der Waals surface area contributed by atoms with Crippen LogP contribution in [0.5, 0.6) is 0 Å². The van der Waals surface area contributed by atoms with Gasteiger partial charge in [0.15, 0.2) is 0 Å². The van der Waals surface area contributed by atoms with Gasteiger partial charge in [-0.2, -0.15) is 0 Å². The summed E-state index contributed by atoms with van der Waals surface area (Å²) in [5, 5.41) is 11.9. The summed E-state index contributed by atoms with van der Waals surface area (Å²) in [6.07, 6.45) is 0.356. The van der Waals surface area contributed by atoms with E-state index in [1.807, 2.05) is 30.3 Å². The number of hydrogen-bond acceptors (Lipinski definition) is 4. The zero-order valence-corrected chi connectivity index (χ0v) is 12.8. The van der Waals surface area contributed by atoms with Crippen molar-refractivity contribution in [3.63, 3.8) is 0 Å². The third kappa shape index (κ3) is 4.77. The molecule has 0 spiro atoms. The zero-order valence-electron chi connectivity index (χ0n) is 12.0. The highest BCUT2D eigenvalue weighted by atomic mass is 32.2. The van der Waals surface area contributed by atoms with Gasteiger partial charge in [0.25, 0.3) is 0 Å². The number of benzene rings is 1. The van der Waals surface area contributed by atoms with Crippen molar-refractivity contribution in [3.05, 3.63) is 35.9 Å². The monoisotopic (exact) mass is 322 g/mol. The van der Waals surface area contributed by atoms with Crippen LogP contribution in [0.2, 0.25) is 0 Å². The minimum Gasteiger partial charge on any atom is -0.481 e. The number of thioether (sulfide) groups is 1. The zero-order chi connectivity index (χ0) is 15.9. The lowest BCUT2D eigenvalue weighted by Gasteiger charge is -2.17. The van der Waals surface area contributed by atoms with E-state index >= 15 is 0 Å². The Labute approximate surface area is 132 Å². The summed E-state index contributed by atoms with van der Waals surface area (Å²) in [5.41, 5.74) is 0.912. The van der Waals surface area contributed by atoms with E-state index in [0.717, 1.165) is 5.56 Å². The second-order valence-electron chi connectivity index (χ2n) is 5.10. The molecule has 118 valence electrons. The van der Waals surface area contributed by atoms with Crippen molar-refractivity contribution in [2.45, 2.75) is 6.42 Å². The summed E-state index contributed by atoms with van der Waals surface area (Å²) in [7, 11) is 0. The van der Waals surface area contributed by atoms with E-state index in [1.165, 1.54) is 16.7 Å². The third-order valence-corrected chi connectivity index (χ3v) is 4.32. The first-order valence-electron chi connectivity index (χ1n) is 6.95. The number of carbonyl (C=O) groups excluding carboxylic acids is 2. The van der Waals surface area contributed by atoms with Crippen molar-refractivity contribution in [2.75, 3.05) is 24.7 Å². The van der Waals surface area contributed by atoms with E-state index in [0.29, 0.717) is 18.1 Å². The van der Waals surface area contributed by atoms with Crippen LogP contribution in [0.3, 0.4) is 0 Å². The molecular weight excluding hydrogens is 304 g/mol. The Hall–Kier alpha value is -2.02. The fraction of sp³-hybridized carbons (Fsp3) is 0.400. The van der Waals surface area contributed by atoms with E-state index in [4.69, 9.17) is 0 Å². The lowest BCUT2D eigenvalue weighted by Crippen LogP contribution is -2.41. The molecule has 1 aromatic carbocycles. The fourth-order valence-electron chi connectivity index (χ4n) is 2.15. The van der Waals surface area contributed by atoms with Crippen molar-refractivity contribution in [3.8, 4) is 0 Å². The Morgan fingerprint density at radius 3 is 2.64 bits per heavy atom. The molecule has 0 aliphatic carbocycles. The van der Waals surface area contributed by atoms with E-state index < -0.39 is 11.9 Å². The van der Waals surface area contributed by atoms with Gasteiger partial charge in [-0.3, -0.25) is 14.4 Å². The molecule has 0 bridgehead atoms. The highest BCUT2D eigenvalue weighted by Crippen LogP contribution is 2.14. The fourth-order valence-corrected chi connectivity index (χ4v) is 3.06. The molecule has 0 aromatic heterocycles. The van der Waals surface area contributed by atoms with Gasteiger partial charge in [0.1, 0.15) is 6.54 Å². The molecule has 1 fully saturated rings. The highest BCUT2D eigenvalue weighted by molar-refractivity contribution is 8.00. The first-order chi connectivity index (χ1) is 10.6. The summed E-state index contributed by atoms with van der Waals surface area (Å²) in [4.78, 5) is 36.0. The molecule has 1 aliphatic heterocycles. The van der Waals surface area contributed by atoms with Crippen molar-refractivity contribution in [1.82, 2.24) is 10.2 Å². The predicted molar refractivity (Wildman–Crippen MR) is 83.3 cm³/mol. The number of nitrogens with one attached hydrogen (secondary N) is 1. The molecule has 22 heavy (non-hydrogen) atoms. The van der Waals surface area contributed by atoms with Crippen molar-refractivity contribution in [1.29, 1.82) is 0 Å². The maximum atomic E-state index is 11.8.